The zero-order chi connectivity index (χ0) is 17.3. The average Bonchev–Trinajstić information content (AvgIpc) is 2.96. The first kappa shape index (κ1) is 16.7. The highest BCUT2D eigenvalue weighted by Crippen LogP contribution is 2.35. The van der Waals surface area contributed by atoms with Crippen molar-refractivity contribution in [3.05, 3.63) is 34.7 Å². The van der Waals surface area contributed by atoms with E-state index >= 15 is 0 Å². The summed E-state index contributed by atoms with van der Waals surface area (Å²) >= 11 is 0.898. The molecule has 0 aliphatic carbocycles. The van der Waals surface area contributed by atoms with Crippen molar-refractivity contribution in [2.24, 2.45) is 0 Å². The number of nitrogen functional groups attached to an aromatic ring is 1. The van der Waals surface area contributed by atoms with Crippen LogP contribution in [0.3, 0.4) is 0 Å². The number of aromatic nitrogens is 1. The van der Waals surface area contributed by atoms with Crippen LogP contribution in [0.2, 0.25) is 0 Å². The molecule has 0 saturated carbocycles. The first-order valence-electron chi connectivity index (χ1n) is 7.17. The van der Waals surface area contributed by atoms with Crippen LogP contribution in [-0.4, -0.2) is 41.5 Å². The quantitative estimate of drug-likeness (QED) is 0.897. The Hall–Kier alpha value is -2.13. The molecule has 0 unspecified atom stereocenters. The lowest BCUT2D eigenvalue weighted by molar-refractivity contribution is -0.137. The van der Waals surface area contributed by atoms with Gasteiger partial charge < -0.3 is 15.4 Å². The zero-order valence-electron chi connectivity index (χ0n) is 12.5. The van der Waals surface area contributed by atoms with Gasteiger partial charge in [0.2, 0.25) is 0 Å². The predicted octanol–water partition coefficient (Wildman–Crippen LogP) is 2.88. The molecule has 1 aromatic carbocycles. The van der Waals surface area contributed by atoms with Gasteiger partial charge in [-0.2, -0.15) is 17.5 Å². The van der Waals surface area contributed by atoms with Crippen molar-refractivity contribution in [2.75, 3.05) is 32.0 Å². The fourth-order valence-electron chi connectivity index (χ4n) is 2.41. The number of anilines is 1. The second-order valence-corrected chi connectivity index (χ2v) is 6.03. The minimum absolute atomic E-state index is 0.107. The van der Waals surface area contributed by atoms with Crippen molar-refractivity contribution in [2.45, 2.75) is 6.18 Å². The van der Waals surface area contributed by atoms with Crippen LogP contribution in [0.1, 0.15) is 15.2 Å². The molecule has 1 fully saturated rings. The van der Waals surface area contributed by atoms with Gasteiger partial charge >= 0.3 is 6.18 Å². The summed E-state index contributed by atoms with van der Waals surface area (Å²) < 4.78 is 47.8. The van der Waals surface area contributed by atoms with Gasteiger partial charge in [-0.25, -0.2) is 0 Å². The van der Waals surface area contributed by atoms with Gasteiger partial charge in [0.25, 0.3) is 5.91 Å². The number of rotatable bonds is 2. The van der Waals surface area contributed by atoms with Gasteiger partial charge in [0.05, 0.1) is 24.5 Å². The fourth-order valence-corrected chi connectivity index (χ4v) is 3.20. The standard InChI is InChI=1S/C15H14F3N3O2S/c16-15(17,18)10-3-1-2-9(8-10)12-11(19)13(24-20-12)14(22)21-4-6-23-7-5-21/h1-3,8H,4-7,19H2. The van der Waals surface area contributed by atoms with Crippen molar-refractivity contribution >= 4 is 23.1 Å². The lowest BCUT2D eigenvalue weighted by Crippen LogP contribution is -2.40. The van der Waals surface area contributed by atoms with Gasteiger partial charge in [-0.1, -0.05) is 12.1 Å². The molecule has 1 amide bonds. The maximum atomic E-state index is 12.8. The molecule has 0 radical (unpaired) electrons. The first-order chi connectivity index (χ1) is 11.4. The summed E-state index contributed by atoms with van der Waals surface area (Å²) in [6, 6.07) is 4.74. The predicted molar refractivity (Wildman–Crippen MR) is 83.7 cm³/mol. The van der Waals surface area contributed by atoms with Crippen molar-refractivity contribution < 1.29 is 22.7 Å². The number of carbonyl (C=O) groups is 1. The lowest BCUT2D eigenvalue weighted by atomic mass is 10.1. The van der Waals surface area contributed by atoms with E-state index in [-0.39, 0.29) is 27.7 Å². The Kier molecular flexibility index (Phi) is 4.46. The van der Waals surface area contributed by atoms with E-state index in [4.69, 9.17) is 10.5 Å². The second kappa shape index (κ2) is 6.40. The Bertz CT molecular complexity index is 755. The summed E-state index contributed by atoms with van der Waals surface area (Å²) in [6.07, 6.45) is -4.45. The smallest absolute Gasteiger partial charge is 0.396 e. The highest BCUT2D eigenvalue weighted by Gasteiger charge is 2.31. The summed E-state index contributed by atoms with van der Waals surface area (Å²) in [5.74, 6) is -0.272. The molecule has 9 heteroatoms. The van der Waals surface area contributed by atoms with Gasteiger partial charge in [0, 0.05) is 18.7 Å². The van der Waals surface area contributed by atoms with Crippen molar-refractivity contribution in [3.8, 4) is 11.3 Å². The number of benzene rings is 1. The Morgan fingerprint density at radius 2 is 2.00 bits per heavy atom. The Morgan fingerprint density at radius 1 is 1.29 bits per heavy atom. The van der Waals surface area contributed by atoms with Gasteiger partial charge in [-0.05, 0) is 23.7 Å². The van der Waals surface area contributed by atoms with E-state index in [0.29, 0.717) is 26.3 Å². The third-order valence-electron chi connectivity index (χ3n) is 3.68. The number of nitrogens with zero attached hydrogens (tertiary/aromatic N) is 2. The van der Waals surface area contributed by atoms with Gasteiger partial charge in [0.1, 0.15) is 10.6 Å². The molecule has 2 aromatic rings. The molecule has 0 spiro atoms. The third kappa shape index (κ3) is 3.22. The molecule has 3 rings (SSSR count). The maximum Gasteiger partial charge on any atom is 0.416 e. The Labute approximate surface area is 140 Å². The summed E-state index contributed by atoms with van der Waals surface area (Å²) in [5, 5.41) is 0. The second-order valence-electron chi connectivity index (χ2n) is 5.26. The fraction of sp³-hybridized carbons (Fsp3) is 0.333. The number of morpholine rings is 1. The van der Waals surface area contributed by atoms with Gasteiger partial charge in [-0.3, -0.25) is 4.79 Å². The summed E-state index contributed by atoms with van der Waals surface area (Å²) in [6.45, 7) is 1.81. The number of alkyl halides is 3. The van der Waals surface area contributed by atoms with E-state index in [1.54, 1.807) is 4.90 Å². The molecule has 2 heterocycles. The molecular formula is C15H14F3N3O2S. The molecule has 5 nitrogen and oxygen atoms in total. The van der Waals surface area contributed by atoms with E-state index in [1.165, 1.54) is 12.1 Å². The Balaban J connectivity index is 1.91. The summed E-state index contributed by atoms with van der Waals surface area (Å²) in [7, 11) is 0. The Morgan fingerprint density at radius 3 is 2.67 bits per heavy atom. The highest BCUT2D eigenvalue weighted by molar-refractivity contribution is 7.09. The normalized spacial score (nSPS) is 15.5. The van der Waals surface area contributed by atoms with Crippen LogP contribution < -0.4 is 5.73 Å². The molecule has 1 aliphatic heterocycles. The molecule has 0 bridgehead atoms. The van der Waals surface area contributed by atoms with E-state index in [0.717, 1.165) is 23.7 Å². The van der Waals surface area contributed by atoms with Crippen LogP contribution in [-0.2, 0) is 10.9 Å². The molecule has 1 aliphatic rings. The van der Waals surface area contributed by atoms with Crippen LogP contribution in [0.5, 0.6) is 0 Å². The lowest BCUT2D eigenvalue weighted by Gasteiger charge is -2.26. The zero-order valence-corrected chi connectivity index (χ0v) is 13.3. The van der Waals surface area contributed by atoms with Crippen LogP contribution in [0, 0.1) is 0 Å². The number of ether oxygens (including phenoxy) is 1. The number of nitrogens with two attached hydrogens (primary N) is 1. The SMILES string of the molecule is Nc1c(-c2cccc(C(F)(F)F)c2)nsc1C(=O)N1CCOCC1. The first-order valence-corrected chi connectivity index (χ1v) is 7.95. The molecule has 24 heavy (non-hydrogen) atoms. The minimum Gasteiger partial charge on any atom is -0.396 e. The summed E-state index contributed by atoms with van der Waals surface area (Å²) in [4.78, 5) is 14.3. The minimum atomic E-state index is -4.45. The topological polar surface area (TPSA) is 68.5 Å². The maximum absolute atomic E-state index is 12.8. The van der Waals surface area contributed by atoms with E-state index in [1.807, 2.05) is 0 Å². The van der Waals surface area contributed by atoms with Gasteiger partial charge in [0.15, 0.2) is 0 Å². The largest absolute Gasteiger partial charge is 0.416 e. The van der Waals surface area contributed by atoms with Crippen LogP contribution >= 0.6 is 11.5 Å². The molecule has 1 aromatic heterocycles. The van der Waals surface area contributed by atoms with Crippen molar-refractivity contribution in [3.63, 3.8) is 0 Å². The van der Waals surface area contributed by atoms with Crippen molar-refractivity contribution in [1.82, 2.24) is 9.27 Å². The van der Waals surface area contributed by atoms with Crippen molar-refractivity contribution in [1.29, 1.82) is 0 Å². The van der Waals surface area contributed by atoms with Crippen LogP contribution in [0.25, 0.3) is 11.3 Å². The van der Waals surface area contributed by atoms with Crippen LogP contribution in [0.15, 0.2) is 24.3 Å². The summed E-state index contributed by atoms with van der Waals surface area (Å²) in [5.41, 5.74) is 5.75. The third-order valence-corrected chi connectivity index (χ3v) is 4.53. The number of hydrogen-bond donors (Lipinski definition) is 1. The van der Waals surface area contributed by atoms with E-state index in [2.05, 4.69) is 4.37 Å². The molecule has 0 atom stereocenters. The highest BCUT2D eigenvalue weighted by atomic mass is 32.1. The van der Waals surface area contributed by atoms with Crippen LogP contribution in [0.4, 0.5) is 18.9 Å². The molecule has 1 saturated heterocycles. The number of hydrogen-bond acceptors (Lipinski definition) is 5. The average molecular weight is 357 g/mol. The monoisotopic (exact) mass is 357 g/mol. The number of halogens is 3. The molecule has 128 valence electrons. The molecular weight excluding hydrogens is 343 g/mol. The number of carbonyl (C=O) groups excluding carboxylic acids is 1. The van der Waals surface area contributed by atoms with E-state index in [9.17, 15) is 18.0 Å². The van der Waals surface area contributed by atoms with Gasteiger partial charge in [-0.15, -0.1) is 0 Å². The molecule has 2 N–H and O–H groups in total. The van der Waals surface area contributed by atoms with E-state index < -0.39 is 11.7 Å². The number of amides is 1.